The molecule has 2 aromatic heterocycles. The summed E-state index contributed by atoms with van der Waals surface area (Å²) < 4.78 is 1.31. The van der Waals surface area contributed by atoms with E-state index in [1.165, 1.54) is 28.7 Å². The van der Waals surface area contributed by atoms with Crippen molar-refractivity contribution in [1.29, 1.82) is 0 Å². The molecule has 0 atom stereocenters. The van der Waals surface area contributed by atoms with Crippen molar-refractivity contribution in [3.63, 3.8) is 0 Å². The Bertz CT molecular complexity index is 439. The first kappa shape index (κ1) is 11.7. The highest BCUT2D eigenvalue weighted by Crippen LogP contribution is 2.25. The third-order valence-corrected chi connectivity index (χ3v) is 4.03. The maximum atomic E-state index is 4.39. The van der Waals surface area contributed by atoms with Gasteiger partial charge in [0.05, 0.1) is 0 Å². The molecule has 0 bridgehead atoms. The number of thioether (sulfide) groups is 1. The van der Waals surface area contributed by atoms with Crippen LogP contribution >= 0.6 is 23.1 Å². The molecule has 0 amide bonds. The van der Waals surface area contributed by atoms with Crippen molar-refractivity contribution in [1.82, 2.24) is 4.98 Å². The first-order valence-corrected chi connectivity index (χ1v) is 7.74. The van der Waals surface area contributed by atoms with Gasteiger partial charge in [-0.15, -0.1) is 11.3 Å². The fraction of sp³-hybridized carbons (Fsp3) is 0.417. The normalized spacial score (nSPS) is 10.8. The molecule has 2 rings (SSSR count). The monoisotopic (exact) mass is 252 g/mol. The smallest absolute Gasteiger partial charge is 0.134 e. The van der Waals surface area contributed by atoms with Crippen molar-refractivity contribution in [2.45, 2.75) is 12.8 Å². The molecule has 2 aromatic rings. The van der Waals surface area contributed by atoms with Gasteiger partial charge >= 0.3 is 0 Å². The van der Waals surface area contributed by atoms with Gasteiger partial charge in [-0.25, -0.2) is 4.98 Å². The predicted octanol–water partition coefficient (Wildman–Crippen LogP) is 3.85. The van der Waals surface area contributed by atoms with Gasteiger partial charge in [0.1, 0.15) is 5.82 Å². The Labute approximate surface area is 104 Å². The van der Waals surface area contributed by atoms with Crippen molar-refractivity contribution in [3.8, 4) is 0 Å². The zero-order valence-corrected chi connectivity index (χ0v) is 11.0. The minimum atomic E-state index is 1.02. The van der Waals surface area contributed by atoms with E-state index < -0.39 is 0 Å². The van der Waals surface area contributed by atoms with Crippen molar-refractivity contribution >= 4 is 39.0 Å². The molecule has 2 heterocycles. The molecular weight excluding hydrogens is 236 g/mol. The Hall–Kier alpha value is -0.740. The summed E-state index contributed by atoms with van der Waals surface area (Å²) in [6, 6.07) is 4.20. The lowest BCUT2D eigenvalue weighted by Crippen LogP contribution is -2.03. The van der Waals surface area contributed by atoms with Crippen molar-refractivity contribution in [2.24, 2.45) is 0 Å². The molecule has 86 valence electrons. The van der Waals surface area contributed by atoms with E-state index in [2.05, 4.69) is 34.1 Å². The third kappa shape index (κ3) is 2.89. The molecule has 0 fully saturated rings. The minimum absolute atomic E-state index is 1.02. The molecule has 16 heavy (non-hydrogen) atoms. The lowest BCUT2D eigenvalue weighted by Gasteiger charge is -2.05. The molecule has 0 aliphatic rings. The molecule has 0 spiro atoms. The number of pyridine rings is 1. The number of unbranched alkanes of at least 4 members (excludes halogenated alkanes) is 1. The average molecular weight is 252 g/mol. The molecule has 0 saturated heterocycles. The van der Waals surface area contributed by atoms with Gasteiger partial charge in [-0.05, 0) is 42.4 Å². The number of fused-ring (bicyclic) bond motifs is 1. The van der Waals surface area contributed by atoms with Crippen molar-refractivity contribution < 1.29 is 0 Å². The Morgan fingerprint density at radius 2 is 2.31 bits per heavy atom. The van der Waals surface area contributed by atoms with Gasteiger partial charge in [-0.3, -0.25) is 0 Å². The van der Waals surface area contributed by atoms with E-state index in [4.69, 9.17) is 0 Å². The molecule has 0 aromatic carbocycles. The van der Waals surface area contributed by atoms with Crippen LogP contribution in [0.25, 0.3) is 10.1 Å². The van der Waals surface area contributed by atoms with Crippen LogP contribution in [0.1, 0.15) is 12.8 Å². The minimum Gasteiger partial charge on any atom is -0.370 e. The van der Waals surface area contributed by atoms with E-state index in [0.29, 0.717) is 0 Å². The molecule has 4 heteroatoms. The van der Waals surface area contributed by atoms with Gasteiger partial charge in [-0.1, -0.05) is 0 Å². The number of hydrogen-bond acceptors (Lipinski definition) is 4. The second-order valence-electron chi connectivity index (χ2n) is 3.62. The van der Waals surface area contributed by atoms with Crippen LogP contribution in [0.3, 0.4) is 0 Å². The van der Waals surface area contributed by atoms with E-state index in [1.54, 1.807) is 11.3 Å². The van der Waals surface area contributed by atoms with Crippen molar-refractivity contribution in [2.75, 3.05) is 23.9 Å². The number of rotatable bonds is 6. The second kappa shape index (κ2) is 6.11. The molecule has 0 aliphatic heterocycles. The van der Waals surface area contributed by atoms with Crippen molar-refractivity contribution in [3.05, 3.63) is 23.7 Å². The van der Waals surface area contributed by atoms with Crippen LogP contribution in [0.2, 0.25) is 0 Å². The van der Waals surface area contributed by atoms with E-state index >= 15 is 0 Å². The highest BCUT2D eigenvalue weighted by atomic mass is 32.2. The molecule has 0 unspecified atom stereocenters. The summed E-state index contributed by atoms with van der Waals surface area (Å²) in [4.78, 5) is 4.39. The number of anilines is 1. The Balaban J connectivity index is 1.91. The molecule has 0 saturated carbocycles. The Morgan fingerprint density at radius 3 is 3.19 bits per heavy atom. The Morgan fingerprint density at radius 1 is 1.38 bits per heavy atom. The summed E-state index contributed by atoms with van der Waals surface area (Å²) in [5.41, 5.74) is 0. The SMILES string of the molecule is CSCCCCNc1nccc2sccc12. The fourth-order valence-electron chi connectivity index (χ4n) is 1.61. The van der Waals surface area contributed by atoms with Gasteiger partial charge in [0, 0.05) is 22.8 Å². The van der Waals surface area contributed by atoms with Crippen LogP contribution < -0.4 is 5.32 Å². The number of nitrogens with one attached hydrogen (secondary N) is 1. The summed E-state index contributed by atoms with van der Waals surface area (Å²) in [7, 11) is 0. The zero-order chi connectivity index (χ0) is 11.2. The van der Waals surface area contributed by atoms with Gasteiger partial charge in [0.15, 0.2) is 0 Å². The quantitative estimate of drug-likeness (QED) is 0.790. The molecule has 0 aliphatic carbocycles. The molecule has 0 radical (unpaired) electrons. The van der Waals surface area contributed by atoms with E-state index in [-0.39, 0.29) is 0 Å². The van der Waals surface area contributed by atoms with Gasteiger partial charge in [0.25, 0.3) is 0 Å². The largest absolute Gasteiger partial charge is 0.370 e. The summed E-state index contributed by atoms with van der Waals surface area (Å²) in [5.74, 6) is 2.28. The van der Waals surface area contributed by atoms with Crippen LogP contribution in [0.4, 0.5) is 5.82 Å². The summed E-state index contributed by atoms with van der Waals surface area (Å²) in [6.45, 7) is 1.02. The highest BCUT2D eigenvalue weighted by Gasteiger charge is 2.01. The first-order valence-electron chi connectivity index (χ1n) is 5.47. The maximum absolute atomic E-state index is 4.39. The van der Waals surface area contributed by atoms with Crippen LogP contribution in [-0.4, -0.2) is 23.5 Å². The first-order chi connectivity index (χ1) is 7.92. The van der Waals surface area contributed by atoms with E-state index in [1.807, 2.05) is 18.0 Å². The molecular formula is C12H16N2S2. The van der Waals surface area contributed by atoms with Gasteiger partial charge < -0.3 is 5.32 Å². The van der Waals surface area contributed by atoms with E-state index in [9.17, 15) is 0 Å². The number of nitrogens with zero attached hydrogens (tertiary/aromatic N) is 1. The maximum Gasteiger partial charge on any atom is 0.134 e. The topological polar surface area (TPSA) is 24.9 Å². The van der Waals surface area contributed by atoms with Crippen LogP contribution in [0, 0.1) is 0 Å². The third-order valence-electron chi connectivity index (χ3n) is 2.45. The van der Waals surface area contributed by atoms with Gasteiger partial charge in [-0.2, -0.15) is 11.8 Å². The van der Waals surface area contributed by atoms with E-state index in [0.717, 1.165) is 12.4 Å². The summed E-state index contributed by atoms with van der Waals surface area (Å²) in [6.07, 6.45) is 6.51. The molecule has 2 nitrogen and oxygen atoms in total. The Kier molecular flexibility index (Phi) is 4.48. The summed E-state index contributed by atoms with van der Waals surface area (Å²) >= 11 is 3.68. The second-order valence-corrected chi connectivity index (χ2v) is 5.55. The fourth-order valence-corrected chi connectivity index (χ4v) is 2.89. The highest BCUT2D eigenvalue weighted by molar-refractivity contribution is 7.98. The molecule has 1 N–H and O–H groups in total. The lowest BCUT2D eigenvalue weighted by atomic mass is 10.3. The standard InChI is InChI=1S/C12H16N2S2/c1-15-8-3-2-6-13-12-10-5-9-16-11(10)4-7-14-12/h4-5,7,9H,2-3,6,8H2,1H3,(H,13,14). The predicted molar refractivity (Wildman–Crippen MR) is 75.7 cm³/mol. The van der Waals surface area contributed by atoms with Crippen LogP contribution in [0.5, 0.6) is 0 Å². The summed E-state index contributed by atoms with van der Waals surface area (Å²) in [5, 5.41) is 6.78. The van der Waals surface area contributed by atoms with Gasteiger partial charge in [0.2, 0.25) is 0 Å². The number of aromatic nitrogens is 1. The average Bonchev–Trinajstić information content (AvgIpc) is 2.77. The van der Waals surface area contributed by atoms with Crippen LogP contribution in [0.15, 0.2) is 23.7 Å². The number of hydrogen-bond donors (Lipinski definition) is 1. The number of thiophene rings is 1. The lowest BCUT2D eigenvalue weighted by molar-refractivity contribution is 0.841. The zero-order valence-electron chi connectivity index (χ0n) is 9.40. The van der Waals surface area contributed by atoms with Crippen LogP contribution in [-0.2, 0) is 0 Å².